The van der Waals surface area contributed by atoms with Crippen molar-refractivity contribution >= 4 is 36.4 Å². The number of nitrogens with zero attached hydrogens (tertiary/aromatic N) is 2. The van der Waals surface area contributed by atoms with Gasteiger partial charge in [-0.2, -0.15) is 0 Å². The first-order valence-electron chi connectivity index (χ1n) is 13.0. The number of benzene rings is 2. The molecule has 6 nitrogen and oxygen atoms in total. The summed E-state index contributed by atoms with van der Waals surface area (Å²) >= 11 is 0. The van der Waals surface area contributed by atoms with Gasteiger partial charge in [0.1, 0.15) is 23.1 Å². The predicted molar refractivity (Wildman–Crippen MR) is 171 cm³/mol. The Balaban J connectivity index is 0. The third-order valence-corrected chi connectivity index (χ3v) is 7.42. The molecule has 0 radical (unpaired) electrons. The van der Waals surface area contributed by atoms with Crippen LogP contribution < -0.4 is 0 Å². The highest BCUT2D eigenvalue weighted by atomic mass is 35.5. The molecule has 0 heterocycles. The van der Waals surface area contributed by atoms with E-state index in [0.29, 0.717) is 49.1 Å². The van der Waals surface area contributed by atoms with E-state index in [9.17, 15) is 19.8 Å². The van der Waals surface area contributed by atoms with Crippen LogP contribution in [0.25, 0.3) is 0 Å². The number of phenols is 2. The Morgan fingerprint density at radius 3 is 1.32 bits per heavy atom. The summed E-state index contributed by atoms with van der Waals surface area (Å²) in [4.78, 5) is 27.7. The van der Waals surface area contributed by atoms with Crippen molar-refractivity contribution in [2.24, 2.45) is 11.8 Å². The van der Waals surface area contributed by atoms with Gasteiger partial charge in [-0.1, -0.05) is 39.1 Å². The smallest absolute Gasteiger partial charge is 0.133 e. The molecule has 2 N–H and O–H groups in total. The number of aromatic hydroxyl groups is 2. The Hall–Kier alpha value is -2.12. The van der Waals surface area contributed by atoms with Crippen molar-refractivity contribution in [1.29, 1.82) is 0 Å². The Bertz CT molecular complexity index is 950. The van der Waals surface area contributed by atoms with Gasteiger partial charge in [0.05, 0.1) is 0 Å². The predicted octanol–water partition coefficient (Wildman–Crippen LogP) is 6.93. The maximum atomic E-state index is 11.7. The highest BCUT2D eigenvalue weighted by molar-refractivity contribution is 5.85. The molecule has 2 fully saturated rings. The van der Waals surface area contributed by atoms with Crippen molar-refractivity contribution in [2.75, 3.05) is 41.3 Å². The molecule has 228 valence electrons. The first-order chi connectivity index (χ1) is 17.1. The minimum atomic E-state index is 0. The van der Waals surface area contributed by atoms with Crippen molar-refractivity contribution in [3.63, 3.8) is 0 Å². The highest BCUT2D eigenvalue weighted by Gasteiger charge is 2.32. The van der Waals surface area contributed by atoms with Crippen molar-refractivity contribution in [1.82, 2.24) is 9.80 Å². The summed E-state index contributed by atoms with van der Waals surface area (Å²) in [5, 5.41) is 19.2. The molecule has 2 aromatic carbocycles. The van der Waals surface area contributed by atoms with E-state index < -0.39 is 0 Å². The summed E-state index contributed by atoms with van der Waals surface area (Å²) < 4.78 is 0. The largest absolute Gasteiger partial charge is 0.508 e. The number of hydrogen-bond acceptors (Lipinski definition) is 6. The molecule has 0 bridgehead atoms. The van der Waals surface area contributed by atoms with E-state index in [2.05, 4.69) is 38.0 Å². The van der Waals surface area contributed by atoms with Gasteiger partial charge in [-0.3, -0.25) is 9.59 Å². The van der Waals surface area contributed by atoms with Crippen LogP contribution in [0.5, 0.6) is 11.5 Å². The summed E-state index contributed by atoms with van der Waals surface area (Å²) in [6.07, 6.45) is 4.54. The number of Topliss-reactive ketones (excluding diaryl/α,β-unsaturated/α-hetero) is 2. The van der Waals surface area contributed by atoms with Crippen LogP contribution in [0.1, 0.15) is 76.3 Å². The van der Waals surface area contributed by atoms with Gasteiger partial charge >= 0.3 is 0 Å². The van der Waals surface area contributed by atoms with Crippen LogP contribution >= 0.6 is 24.8 Å². The Morgan fingerprint density at radius 1 is 0.675 bits per heavy atom. The van der Waals surface area contributed by atoms with E-state index in [0.717, 1.165) is 37.1 Å². The number of hydrogen-bond donors (Lipinski definition) is 2. The van der Waals surface area contributed by atoms with E-state index in [1.54, 1.807) is 24.3 Å². The van der Waals surface area contributed by atoms with Gasteiger partial charge in [-0.05, 0) is 100 Å². The number of rotatable bonds is 6. The molecule has 0 spiro atoms. The van der Waals surface area contributed by atoms with E-state index >= 15 is 0 Å². The van der Waals surface area contributed by atoms with Crippen LogP contribution in [0.15, 0.2) is 48.5 Å². The van der Waals surface area contributed by atoms with Crippen LogP contribution in [0.2, 0.25) is 0 Å². The fraction of sp³-hybridized carbons (Fsp3) is 0.562. The molecular weight excluding hydrogens is 547 g/mol. The van der Waals surface area contributed by atoms with Gasteiger partial charge in [-0.25, -0.2) is 0 Å². The molecular formula is C32H52Cl2N2O4. The Labute approximate surface area is 255 Å². The van der Waals surface area contributed by atoms with Gasteiger partial charge in [0.25, 0.3) is 0 Å². The molecule has 0 saturated heterocycles. The Morgan fingerprint density at radius 2 is 1.02 bits per heavy atom. The molecule has 4 unspecified atom stereocenters. The molecule has 8 heteroatoms. The SMILES string of the molecule is C.C.CN(C)CC1CCC(=O)CC1c1cccc(O)c1.CN(C)CC1CCC(=O)CC1c1cccc(O)c1.Cl.Cl. The maximum absolute atomic E-state index is 11.7. The van der Waals surface area contributed by atoms with Crippen molar-refractivity contribution in [3.8, 4) is 11.5 Å². The second-order valence-corrected chi connectivity index (χ2v) is 11.0. The molecule has 2 aliphatic rings. The molecule has 2 aliphatic carbocycles. The topological polar surface area (TPSA) is 81.1 Å². The lowest BCUT2D eigenvalue weighted by Gasteiger charge is -2.33. The molecule has 40 heavy (non-hydrogen) atoms. The number of carbonyl (C=O) groups is 2. The monoisotopic (exact) mass is 598 g/mol. The first kappa shape index (κ1) is 40.0. The van der Waals surface area contributed by atoms with E-state index in [-0.39, 0.29) is 63.0 Å². The zero-order valence-electron chi connectivity index (χ0n) is 23.0. The van der Waals surface area contributed by atoms with E-state index in [4.69, 9.17) is 0 Å². The summed E-state index contributed by atoms with van der Waals surface area (Å²) in [6.45, 7) is 1.99. The summed E-state index contributed by atoms with van der Waals surface area (Å²) in [5.74, 6) is 2.76. The zero-order valence-corrected chi connectivity index (χ0v) is 24.6. The molecule has 4 rings (SSSR count). The third-order valence-electron chi connectivity index (χ3n) is 7.42. The van der Waals surface area contributed by atoms with Gasteiger partial charge in [0, 0.05) is 38.8 Å². The van der Waals surface area contributed by atoms with Crippen molar-refractivity contribution < 1.29 is 19.8 Å². The second-order valence-electron chi connectivity index (χ2n) is 11.0. The van der Waals surface area contributed by atoms with Crippen LogP contribution in [0.3, 0.4) is 0 Å². The molecule has 0 amide bonds. The zero-order chi connectivity index (χ0) is 26.2. The van der Waals surface area contributed by atoms with Crippen LogP contribution in [0, 0.1) is 11.8 Å². The van der Waals surface area contributed by atoms with Crippen molar-refractivity contribution in [3.05, 3.63) is 59.7 Å². The van der Waals surface area contributed by atoms with Gasteiger partial charge in [-0.15, -0.1) is 24.8 Å². The fourth-order valence-corrected chi connectivity index (χ4v) is 5.79. The van der Waals surface area contributed by atoms with Gasteiger partial charge in [0.15, 0.2) is 0 Å². The quantitative estimate of drug-likeness (QED) is 0.375. The van der Waals surface area contributed by atoms with Gasteiger partial charge in [0.2, 0.25) is 0 Å². The summed E-state index contributed by atoms with van der Waals surface area (Å²) in [6, 6.07) is 14.7. The van der Waals surface area contributed by atoms with Crippen LogP contribution in [-0.4, -0.2) is 72.9 Å². The number of ketones is 2. The molecule has 0 aromatic heterocycles. The third kappa shape index (κ3) is 12.2. The Kier molecular flexibility index (Phi) is 19.1. The lowest BCUT2D eigenvalue weighted by molar-refractivity contribution is -0.122. The molecule has 4 atom stereocenters. The summed E-state index contributed by atoms with van der Waals surface area (Å²) in [5.41, 5.74) is 2.19. The standard InChI is InChI=1S/2C15H21NO2.2CH4.2ClH/c2*1-16(2)10-12-6-7-14(18)9-15(12)11-4-3-5-13(17)8-11;;;;/h2*3-5,8,12,15,17H,6-7,9-10H2,1-2H3;2*1H4;2*1H. The average molecular weight is 600 g/mol. The molecule has 2 aromatic rings. The van der Waals surface area contributed by atoms with Crippen LogP contribution in [0.4, 0.5) is 0 Å². The lowest BCUT2D eigenvalue weighted by atomic mass is 9.74. The second kappa shape index (κ2) is 19.1. The molecule has 0 aliphatic heterocycles. The number of halogens is 2. The number of phenolic OH excluding ortho intramolecular Hbond substituents is 2. The summed E-state index contributed by atoms with van der Waals surface area (Å²) in [7, 11) is 8.26. The normalized spacial score (nSPS) is 22.1. The van der Waals surface area contributed by atoms with Gasteiger partial charge < -0.3 is 20.0 Å². The fourth-order valence-electron chi connectivity index (χ4n) is 5.79. The molecule has 2 saturated carbocycles. The van der Waals surface area contributed by atoms with E-state index in [1.807, 2.05) is 24.3 Å². The minimum Gasteiger partial charge on any atom is -0.508 e. The van der Waals surface area contributed by atoms with Crippen LogP contribution in [-0.2, 0) is 9.59 Å². The highest BCUT2D eigenvalue weighted by Crippen LogP contribution is 2.38. The minimum absolute atomic E-state index is 0. The average Bonchev–Trinajstić information content (AvgIpc) is 2.81. The number of carbonyl (C=O) groups excluding carboxylic acids is 2. The van der Waals surface area contributed by atoms with Crippen molar-refractivity contribution in [2.45, 2.75) is 65.2 Å². The lowest BCUT2D eigenvalue weighted by Crippen LogP contribution is -2.31. The maximum Gasteiger partial charge on any atom is 0.133 e. The van der Waals surface area contributed by atoms with E-state index in [1.165, 1.54) is 0 Å². The first-order valence-corrected chi connectivity index (χ1v) is 13.0.